The van der Waals surface area contributed by atoms with Crippen molar-refractivity contribution in [3.63, 3.8) is 0 Å². The van der Waals surface area contributed by atoms with Gasteiger partial charge in [-0.3, -0.25) is 0 Å². The van der Waals surface area contributed by atoms with Crippen LogP contribution in [-0.4, -0.2) is 39.7 Å². The lowest BCUT2D eigenvalue weighted by Gasteiger charge is -2.14. The van der Waals surface area contributed by atoms with Gasteiger partial charge in [-0.05, 0) is 48.8 Å². The van der Waals surface area contributed by atoms with E-state index in [1.54, 1.807) is 0 Å². The average molecular weight is 340 g/mol. The molecule has 1 aromatic carbocycles. The summed E-state index contributed by atoms with van der Waals surface area (Å²) in [6.07, 6.45) is 3.42. The first-order valence-electron chi connectivity index (χ1n) is 8.51. The van der Waals surface area contributed by atoms with Crippen molar-refractivity contribution in [3.8, 4) is 5.75 Å². The first-order valence-corrected chi connectivity index (χ1v) is 10.3. The van der Waals surface area contributed by atoms with E-state index in [2.05, 4.69) is 0 Å². The van der Waals surface area contributed by atoms with Crippen molar-refractivity contribution in [1.82, 2.24) is 0 Å². The minimum Gasteiger partial charge on any atom is -0.493 e. The molecule has 1 aliphatic rings. The van der Waals surface area contributed by atoms with Gasteiger partial charge in [0, 0.05) is 6.61 Å². The van der Waals surface area contributed by atoms with Crippen LogP contribution in [0.2, 0.25) is 0 Å². The molecule has 0 radical (unpaired) electrons. The highest BCUT2D eigenvalue weighted by Crippen LogP contribution is 2.30. The lowest BCUT2D eigenvalue weighted by atomic mass is 10.0. The standard InChI is InChI=1S/C18H28O4S/c1-3-9-21-10-11-23(19,20)14-15(2)17-5-4-6-18(12-17)22-13-16-7-8-16/h4-6,12,15-16H,3,7-11,13-14H2,1-2H3/t15-/m0/s1. The van der Waals surface area contributed by atoms with E-state index in [-0.39, 0.29) is 24.0 Å². The summed E-state index contributed by atoms with van der Waals surface area (Å²) in [5.41, 5.74) is 1.01. The van der Waals surface area contributed by atoms with Crippen molar-refractivity contribution in [2.45, 2.75) is 39.0 Å². The molecule has 4 nitrogen and oxygen atoms in total. The molecule has 23 heavy (non-hydrogen) atoms. The third-order valence-electron chi connectivity index (χ3n) is 4.00. The highest BCUT2D eigenvalue weighted by Gasteiger charge is 2.22. The van der Waals surface area contributed by atoms with Crippen LogP contribution in [0.15, 0.2) is 24.3 Å². The van der Waals surface area contributed by atoms with Crippen LogP contribution in [0.1, 0.15) is 44.6 Å². The molecule has 5 heteroatoms. The van der Waals surface area contributed by atoms with Gasteiger partial charge in [-0.2, -0.15) is 0 Å². The van der Waals surface area contributed by atoms with Crippen LogP contribution in [-0.2, 0) is 14.6 Å². The third kappa shape index (κ3) is 6.92. The second-order valence-corrected chi connectivity index (χ2v) is 8.68. The molecule has 130 valence electrons. The summed E-state index contributed by atoms with van der Waals surface area (Å²) in [4.78, 5) is 0. The van der Waals surface area contributed by atoms with Gasteiger partial charge in [0.05, 0.1) is 24.7 Å². The molecule has 2 rings (SSSR count). The number of hydrogen-bond donors (Lipinski definition) is 0. The maximum Gasteiger partial charge on any atom is 0.153 e. The van der Waals surface area contributed by atoms with Gasteiger partial charge in [0.25, 0.3) is 0 Å². The van der Waals surface area contributed by atoms with E-state index in [1.165, 1.54) is 12.8 Å². The van der Waals surface area contributed by atoms with Crippen LogP contribution in [0, 0.1) is 5.92 Å². The van der Waals surface area contributed by atoms with E-state index in [4.69, 9.17) is 9.47 Å². The van der Waals surface area contributed by atoms with Gasteiger partial charge in [0.1, 0.15) is 5.75 Å². The van der Waals surface area contributed by atoms with Gasteiger partial charge >= 0.3 is 0 Å². The molecule has 0 spiro atoms. The Kier molecular flexibility index (Phi) is 6.90. The SMILES string of the molecule is CCCOCCS(=O)(=O)C[C@H](C)c1cccc(OCC2CC2)c1. The molecule has 0 aromatic heterocycles. The number of hydrogen-bond acceptors (Lipinski definition) is 4. The summed E-state index contributed by atoms with van der Waals surface area (Å²) < 4.78 is 35.4. The molecule has 0 N–H and O–H groups in total. The van der Waals surface area contributed by atoms with E-state index < -0.39 is 9.84 Å². The Morgan fingerprint density at radius 3 is 2.74 bits per heavy atom. The fourth-order valence-corrected chi connectivity index (χ4v) is 3.89. The molecular weight excluding hydrogens is 312 g/mol. The molecule has 0 unspecified atom stereocenters. The molecule has 0 amide bonds. The van der Waals surface area contributed by atoms with Gasteiger partial charge in [-0.15, -0.1) is 0 Å². The molecule has 1 fully saturated rings. The molecule has 1 aliphatic carbocycles. The highest BCUT2D eigenvalue weighted by atomic mass is 32.2. The number of sulfone groups is 1. The van der Waals surface area contributed by atoms with E-state index in [0.29, 0.717) is 12.5 Å². The van der Waals surface area contributed by atoms with Crippen LogP contribution in [0.4, 0.5) is 0 Å². The van der Waals surface area contributed by atoms with Crippen molar-refractivity contribution in [2.75, 3.05) is 31.3 Å². The largest absolute Gasteiger partial charge is 0.493 e. The summed E-state index contributed by atoms with van der Waals surface area (Å²) in [6, 6.07) is 7.81. The van der Waals surface area contributed by atoms with Gasteiger partial charge < -0.3 is 9.47 Å². The van der Waals surface area contributed by atoms with Crippen LogP contribution >= 0.6 is 0 Å². The molecule has 0 heterocycles. The van der Waals surface area contributed by atoms with Gasteiger partial charge in [0.15, 0.2) is 9.84 Å². The topological polar surface area (TPSA) is 52.6 Å². The van der Waals surface area contributed by atoms with Crippen LogP contribution in [0.25, 0.3) is 0 Å². The Hall–Kier alpha value is -1.07. The van der Waals surface area contributed by atoms with Crippen LogP contribution in [0.3, 0.4) is 0 Å². The monoisotopic (exact) mass is 340 g/mol. The minimum atomic E-state index is -3.10. The summed E-state index contributed by atoms with van der Waals surface area (Å²) in [5.74, 6) is 1.74. The Balaban J connectivity index is 1.85. The van der Waals surface area contributed by atoms with E-state index >= 15 is 0 Å². The first-order chi connectivity index (χ1) is 11.0. The predicted molar refractivity (Wildman–Crippen MR) is 92.8 cm³/mol. The normalized spacial score (nSPS) is 16.3. The van der Waals surface area contributed by atoms with E-state index in [0.717, 1.165) is 24.3 Å². The van der Waals surface area contributed by atoms with Crippen molar-refractivity contribution in [2.24, 2.45) is 5.92 Å². The number of rotatable bonds is 11. The first kappa shape index (κ1) is 18.3. The molecule has 1 atom stereocenters. The third-order valence-corrected chi connectivity index (χ3v) is 5.80. The molecule has 0 saturated heterocycles. The summed E-state index contributed by atoms with van der Waals surface area (Å²) in [5, 5.41) is 0. The fourth-order valence-electron chi connectivity index (χ4n) is 2.40. The Morgan fingerprint density at radius 2 is 2.04 bits per heavy atom. The summed E-state index contributed by atoms with van der Waals surface area (Å²) in [7, 11) is -3.10. The zero-order valence-electron chi connectivity index (χ0n) is 14.2. The van der Waals surface area contributed by atoms with Gasteiger partial charge in [-0.25, -0.2) is 8.42 Å². The average Bonchev–Trinajstić information content (AvgIpc) is 3.34. The quantitative estimate of drug-likeness (QED) is 0.579. The summed E-state index contributed by atoms with van der Waals surface area (Å²) in [6.45, 7) is 5.63. The fraction of sp³-hybridized carbons (Fsp3) is 0.667. The van der Waals surface area contributed by atoms with Crippen molar-refractivity contribution in [3.05, 3.63) is 29.8 Å². The second kappa shape index (κ2) is 8.69. The van der Waals surface area contributed by atoms with E-state index in [1.807, 2.05) is 38.1 Å². The van der Waals surface area contributed by atoms with Crippen molar-refractivity contribution in [1.29, 1.82) is 0 Å². The zero-order valence-corrected chi connectivity index (χ0v) is 15.0. The predicted octanol–water partition coefficient (Wildman–Crippen LogP) is 3.42. The number of benzene rings is 1. The van der Waals surface area contributed by atoms with Gasteiger partial charge in [-0.1, -0.05) is 26.0 Å². The van der Waals surface area contributed by atoms with Crippen LogP contribution in [0.5, 0.6) is 5.75 Å². The van der Waals surface area contributed by atoms with E-state index in [9.17, 15) is 8.42 Å². The summed E-state index contributed by atoms with van der Waals surface area (Å²) >= 11 is 0. The molecule has 1 aromatic rings. The zero-order chi connectivity index (χ0) is 16.7. The maximum atomic E-state index is 12.2. The van der Waals surface area contributed by atoms with Crippen LogP contribution < -0.4 is 4.74 Å². The van der Waals surface area contributed by atoms with Crippen molar-refractivity contribution >= 4 is 9.84 Å². The lowest BCUT2D eigenvalue weighted by molar-refractivity contribution is 0.149. The second-order valence-electron chi connectivity index (χ2n) is 6.45. The molecular formula is C18H28O4S. The Morgan fingerprint density at radius 1 is 1.26 bits per heavy atom. The smallest absolute Gasteiger partial charge is 0.153 e. The lowest BCUT2D eigenvalue weighted by Crippen LogP contribution is -2.19. The highest BCUT2D eigenvalue weighted by molar-refractivity contribution is 7.91. The van der Waals surface area contributed by atoms with Crippen molar-refractivity contribution < 1.29 is 17.9 Å². The molecule has 0 bridgehead atoms. The number of ether oxygens (including phenoxy) is 2. The maximum absolute atomic E-state index is 12.2. The minimum absolute atomic E-state index is 0.0457. The van der Waals surface area contributed by atoms with Gasteiger partial charge in [0.2, 0.25) is 0 Å². The Labute approximate surface area is 140 Å². The Bertz CT molecular complexity index is 578. The molecule has 1 saturated carbocycles. The molecule has 0 aliphatic heterocycles.